The summed E-state index contributed by atoms with van der Waals surface area (Å²) in [6.07, 6.45) is 0. The number of hydrogen-bond donors (Lipinski definition) is 4. The normalized spacial score (nSPS) is 12.0. The van der Waals surface area contributed by atoms with Gasteiger partial charge in [-0.25, -0.2) is 0 Å². The molecular formula is C10H25N2O4+. The highest BCUT2D eigenvalue weighted by Crippen LogP contribution is 2.05. The summed E-state index contributed by atoms with van der Waals surface area (Å²) in [4.78, 5) is 0. The van der Waals surface area contributed by atoms with Gasteiger partial charge >= 0.3 is 0 Å². The zero-order chi connectivity index (χ0) is 12.3. The van der Waals surface area contributed by atoms with E-state index in [0.29, 0.717) is 50.4 Å². The molecule has 0 rings (SSSR count). The predicted molar refractivity (Wildman–Crippen MR) is 60.9 cm³/mol. The van der Waals surface area contributed by atoms with E-state index in [2.05, 4.69) is 0 Å². The second-order valence-electron chi connectivity index (χ2n) is 3.81. The third kappa shape index (κ3) is 6.37. The summed E-state index contributed by atoms with van der Waals surface area (Å²) >= 11 is 0. The minimum Gasteiger partial charge on any atom is -0.391 e. The highest BCUT2D eigenvalue weighted by molar-refractivity contribution is 4.45. The van der Waals surface area contributed by atoms with Crippen LogP contribution >= 0.6 is 0 Å². The van der Waals surface area contributed by atoms with E-state index < -0.39 is 0 Å². The summed E-state index contributed by atoms with van der Waals surface area (Å²) in [5.41, 5.74) is 5.30. The maximum absolute atomic E-state index is 9.02. The molecule has 0 radical (unpaired) electrons. The van der Waals surface area contributed by atoms with Crippen LogP contribution in [0.25, 0.3) is 0 Å². The standard InChI is InChI=1S/C10H25N2O4/c11-1-9-16-10-5-12(2-6-13,3-7-14)4-8-15/h13-15H,1-11H2/q+1. The Morgan fingerprint density at radius 1 is 0.812 bits per heavy atom. The number of rotatable bonds is 11. The Morgan fingerprint density at radius 3 is 1.69 bits per heavy atom. The number of nitrogens with two attached hydrogens (primary N) is 1. The summed E-state index contributed by atoms with van der Waals surface area (Å²) in [6.45, 7) is 3.87. The van der Waals surface area contributed by atoms with Gasteiger partial charge in [-0.15, -0.1) is 0 Å². The Bertz CT molecular complexity index is 141. The molecule has 5 N–H and O–H groups in total. The summed E-state index contributed by atoms with van der Waals surface area (Å²) in [6, 6.07) is 0. The van der Waals surface area contributed by atoms with Crippen molar-refractivity contribution in [2.24, 2.45) is 5.73 Å². The molecule has 0 bridgehead atoms. The molecule has 0 aromatic heterocycles. The quantitative estimate of drug-likeness (QED) is 0.241. The minimum absolute atomic E-state index is 0.0386. The predicted octanol–water partition coefficient (Wildman–Crippen LogP) is -2.24. The molecule has 0 spiro atoms. The first-order chi connectivity index (χ1) is 7.74. The maximum atomic E-state index is 9.02. The van der Waals surface area contributed by atoms with Crippen LogP contribution in [0.4, 0.5) is 0 Å². The Balaban J connectivity index is 4.12. The molecule has 0 saturated carbocycles. The van der Waals surface area contributed by atoms with Crippen molar-refractivity contribution < 1.29 is 24.5 Å². The highest BCUT2D eigenvalue weighted by atomic mass is 16.5. The van der Waals surface area contributed by atoms with Crippen molar-refractivity contribution >= 4 is 0 Å². The fourth-order valence-corrected chi connectivity index (χ4v) is 1.75. The van der Waals surface area contributed by atoms with Crippen LogP contribution < -0.4 is 5.73 Å². The number of hydrogen-bond acceptors (Lipinski definition) is 5. The van der Waals surface area contributed by atoms with E-state index in [0.717, 1.165) is 0 Å². The van der Waals surface area contributed by atoms with E-state index in [4.69, 9.17) is 25.8 Å². The van der Waals surface area contributed by atoms with Gasteiger partial charge in [0.1, 0.15) is 26.2 Å². The van der Waals surface area contributed by atoms with E-state index in [9.17, 15) is 0 Å². The Kier molecular flexibility index (Phi) is 9.80. The summed E-state index contributed by atoms with van der Waals surface area (Å²) in [5.74, 6) is 0. The average molecular weight is 237 g/mol. The monoisotopic (exact) mass is 237 g/mol. The third-order valence-corrected chi connectivity index (χ3v) is 2.70. The molecule has 0 unspecified atom stereocenters. The maximum Gasteiger partial charge on any atom is 0.103 e. The Hall–Kier alpha value is -0.240. The molecule has 98 valence electrons. The summed E-state index contributed by atoms with van der Waals surface area (Å²) < 4.78 is 5.77. The van der Waals surface area contributed by atoms with E-state index in [1.807, 2.05) is 0 Å². The molecule has 0 aromatic carbocycles. The number of nitrogens with zero attached hydrogens (tertiary/aromatic N) is 1. The fraction of sp³-hybridized carbons (Fsp3) is 1.00. The lowest BCUT2D eigenvalue weighted by Gasteiger charge is -2.37. The molecule has 0 aliphatic carbocycles. The number of aliphatic hydroxyl groups is 3. The summed E-state index contributed by atoms with van der Waals surface area (Å²) in [7, 11) is 0. The van der Waals surface area contributed by atoms with Gasteiger partial charge in [0.2, 0.25) is 0 Å². The zero-order valence-electron chi connectivity index (χ0n) is 9.85. The van der Waals surface area contributed by atoms with Gasteiger partial charge in [0, 0.05) is 6.54 Å². The van der Waals surface area contributed by atoms with Crippen LogP contribution in [0.1, 0.15) is 0 Å². The van der Waals surface area contributed by atoms with E-state index in [1.165, 1.54) is 0 Å². The molecular weight excluding hydrogens is 212 g/mol. The van der Waals surface area contributed by atoms with Crippen molar-refractivity contribution in [2.45, 2.75) is 0 Å². The second kappa shape index (κ2) is 9.95. The first-order valence-electron chi connectivity index (χ1n) is 5.70. The van der Waals surface area contributed by atoms with Gasteiger partial charge in [-0.2, -0.15) is 0 Å². The van der Waals surface area contributed by atoms with E-state index in [1.54, 1.807) is 0 Å². The van der Waals surface area contributed by atoms with Gasteiger partial charge in [-0.05, 0) is 0 Å². The van der Waals surface area contributed by atoms with Crippen molar-refractivity contribution in [1.29, 1.82) is 0 Å². The van der Waals surface area contributed by atoms with Crippen molar-refractivity contribution in [3.05, 3.63) is 0 Å². The number of aliphatic hydroxyl groups excluding tert-OH is 3. The average Bonchev–Trinajstić information content (AvgIpc) is 2.26. The molecule has 0 saturated heterocycles. The third-order valence-electron chi connectivity index (χ3n) is 2.70. The second-order valence-corrected chi connectivity index (χ2v) is 3.81. The first kappa shape index (κ1) is 15.8. The lowest BCUT2D eigenvalue weighted by molar-refractivity contribution is -0.929. The molecule has 0 aliphatic heterocycles. The molecule has 16 heavy (non-hydrogen) atoms. The van der Waals surface area contributed by atoms with Gasteiger partial charge < -0.3 is 30.3 Å². The molecule has 0 amide bonds. The Labute approximate surface area is 96.8 Å². The largest absolute Gasteiger partial charge is 0.391 e. The van der Waals surface area contributed by atoms with Crippen LogP contribution in [0, 0.1) is 0 Å². The van der Waals surface area contributed by atoms with E-state index in [-0.39, 0.29) is 19.8 Å². The molecule has 0 aliphatic rings. The lowest BCUT2D eigenvalue weighted by atomic mass is 10.3. The van der Waals surface area contributed by atoms with Crippen LogP contribution in [-0.2, 0) is 4.74 Å². The molecule has 6 nitrogen and oxygen atoms in total. The van der Waals surface area contributed by atoms with Crippen molar-refractivity contribution in [3.8, 4) is 0 Å². The zero-order valence-corrected chi connectivity index (χ0v) is 9.85. The first-order valence-corrected chi connectivity index (χ1v) is 5.70. The van der Waals surface area contributed by atoms with Crippen molar-refractivity contribution in [3.63, 3.8) is 0 Å². The highest BCUT2D eigenvalue weighted by Gasteiger charge is 2.25. The molecule has 6 heteroatoms. The fourth-order valence-electron chi connectivity index (χ4n) is 1.75. The van der Waals surface area contributed by atoms with Gasteiger partial charge in [0.25, 0.3) is 0 Å². The molecule has 0 atom stereocenters. The van der Waals surface area contributed by atoms with E-state index >= 15 is 0 Å². The topological polar surface area (TPSA) is 95.9 Å². The van der Waals surface area contributed by atoms with Crippen molar-refractivity contribution in [2.75, 3.05) is 65.8 Å². The van der Waals surface area contributed by atoms with Crippen LogP contribution in [0.2, 0.25) is 0 Å². The summed E-state index contributed by atoms with van der Waals surface area (Å²) in [5, 5.41) is 27.1. The van der Waals surface area contributed by atoms with Crippen LogP contribution in [0.5, 0.6) is 0 Å². The Morgan fingerprint density at radius 2 is 1.31 bits per heavy atom. The lowest BCUT2D eigenvalue weighted by Crippen LogP contribution is -2.55. The van der Waals surface area contributed by atoms with Gasteiger partial charge in [0.05, 0.1) is 33.0 Å². The molecule has 0 heterocycles. The van der Waals surface area contributed by atoms with Crippen molar-refractivity contribution in [1.82, 2.24) is 0 Å². The molecule has 0 fully saturated rings. The van der Waals surface area contributed by atoms with Gasteiger partial charge in [-0.3, -0.25) is 0 Å². The van der Waals surface area contributed by atoms with Crippen LogP contribution in [-0.4, -0.2) is 85.6 Å². The van der Waals surface area contributed by atoms with Gasteiger partial charge in [-0.1, -0.05) is 0 Å². The smallest absolute Gasteiger partial charge is 0.103 e. The van der Waals surface area contributed by atoms with Crippen LogP contribution in [0.15, 0.2) is 0 Å². The SMILES string of the molecule is NCCOCC[N+](CCO)(CCO)CCO. The molecule has 0 aromatic rings. The minimum atomic E-state index is 0.0386. The number of ether oxygens (including phenoxy) is 1. The van der Waals surface area contributed by atoms with Gasteiger partial charge in [0.15, 0.2) is 0 Å². The number of quaternary nitrogens is 1. The van der Waals surface area contributed by atoms with Crippen LogP contribution in [0.3, 0.4) is 0 Å².